The third kappa shape index (κ3) is 1.75. The lowest BCUT2D eigenvalue weighted by atomic mass is 10.1. The molecule has 2 heterocycles. The van der Waals surface area contributed by atoms with E-state index >= 15 is 0 Å². The van der Waals surface area contributed by atoms with Crippen LogP contribution in [0.2, 0.25) is 0 Å². The van der Waals surface area contributed by atoms with Crippen LogP contribution in [-0.2, 0) is 0 Å². The van der Waals surface area contributed by atoms with Crippen LogP contribution in [0.1, 0.15) is 30.1 Å². The maximum atomic E-state index is 5.38. The number of hydrogen-bond acceptors (Lipinski definition) is 4. The van der Waals surface area contributed by atoms with Gasteiger partial charge in [-0.3, -0.25) is 4.98 Å². The highest BCUT2D eigenvalue weighted by molar-refractivity contribution is 9.10. The van der Waals surface area contributed by atoms with Crippen LogP contribution >= 0.6 is 15.9 Å². The molecule has 16 heavy (non-hydrogen) atoms. The number of halogens is 1. The molecule has 0 bridgehead atoms. The summed E-state index contributed by atoms with van der Waals surface area (Å²) in [6.07, 6.45) is 2.41. The van der Waals surface area contributed by atoms with E-state index in [1.807, 2.05) is 19.1 Å². The summed E-state index contributed by atoms with van der Waals surface area (Å²) in [6, 6.07) is 3.98. The van der Waals surface area contributed by atoms with Crippen LogP contribution in [0.25, 0.3) is 11.5 Å². The summed E-state index contributed by atoms with van der Waals surface area (Å²) in [6.45, 7) is 2.00. The second-order valence-electron chi connectivity index (χ2n) is 4.02. The molecule has 0 aromatic carbocycles. The van der Waals surface area contributed by atoms with E-state index in [4.69, 9.17) is 4.42 Å². The van der Waals surface area contributed by atoms with Gasteiger partial charge in [0.1, 0.15) is 0 Å². The molecule has 3 rings (SSSR count). The SMILES string of the molecule is Cc1ccc(-c2nnc(Br)o2)c(C2CC2)n1. The lowest BCUT2D eigenvalue weighted by Gasteiger charge is -2.04. The molecule has 0 unspecified atom stereocenters. The molecule has 4 nitrogen and oxygen atoms in total. The van der Waals surface area contributed by atoms with Gasteiger partial charge in [-0.2, -0.15) is 0 Å². The fourth-order valence-electron chi connectivity index (χ4n) is 1.74. The molecule has 1 fully saturated rings. The van der Waals surface area contributed by atoms with Crippen molar-refractivity contribution in [3.63, 3.8) is 0 Å². The van der Waals surface area contributed by atoms with Crippen LogP contribution in [0.3, 0.4) is 0 Å². The van der Waals surface area contributed by atoms with Gasteiger partial charge in [-0.05, 0) is 31.9 Å². The summed E-state index contributed by atoms with van der Waals surface area (Å²) in [4.78, 5) is 4.98. The van der Waals surface area contributed by atoms with E-state index in [1.165, 1.54) is 12.8 Å². The van der Waals surface area contributed by atoms with Gasteiger partial charge in [-0.15, -0.1) is 10.2 Å². The first kappa shape index (κ1) is 9.96. The second kappa shape index (κ2) is 3.66. The van der Waals surface area contributed by atoms with E-state index < -0.39 is 0 Å². The Morgan fingerprint density at radius 3 is 2.75 bits per heavy atom. The molecule has 0 spiro atoms. The van der Waals surface area contributed by atoms with Gasteiger partial charge in [0.25, 0.3) is 10.7 Å². The van der Waals surface area contributed by atoms with Gasteiger partial charge in [-0.1, -0.05) is 0 Å². The van der Waals surface area contributed by atoms with Crippen molar-refractivity contribution in [1.82, 2.24) is 15.2 Å². The number of nitrogens with zero attached hydrogens (tertiary/aromatic N) is 3. The fourth-order valence-corrected chi connectivity index (χ4v) is 1.97. The Morgan fingerprint density at radius 2 is 2.12 bits per heavy atom. The Labute approximate surface area is 101 Å². The Balaban J connectivity index is 2.12. The van der Waals surface area contributed by atoms with E-state index in [0.29, 0.717) is 16.6 Å². The summed E-state index contributed by atoms with van der Waals surface area (Å²) in [5.41, 5.74) is 3.09. The number of aryl methyl sites for hydroxylation is 1. The van der Waals surface area contributed by atoms with E-state index in [1.54, 1.807) is 0 Å². The maximum Gasteiger partial charge on any atom is 0.285 e. The number of pyridine rings is 1. The molecule has 1 aliphatic carbocycles. The largest absolute Gasteiger partial charge is 0.411 e. The quantitative estimate of drug-likeness (QED) is 0.848. The van der Waals surface area contributed by atoms with Gasteiger partial charge in [0, 0.05) is 27.5 Å². The molecule has 2 aromatic heterocycles. The molecule has 82 valence electrons. The van der Waals surface area contributed by atoms with Gasteiger partial charge < -0.3 is 4.42 Å². The lowest BCUT2D eigenvalue weighted by molar-refractivity contribution is 0.539. The average Bonchev–Trinajstić information content (AvgIpc) is 3.02. The minimum absolute atomic E-state index is 0.407. The van der Waals surface area contributed by atoms with Crippen LogP contribution in [-0.4, -0.2) is 15.2 Å². The first-order valence-electron chi connectivity index (χ1n) is 5.21. The lowest BCUT2D eigenvalue weighted by Crippen LogP contribution is -1.94. The molecule has 1 aliphatic rings. The first-order valence-corrected chi connectivity index (χ1v) is 6.00. The van der Waals surface area contributed by atoms with Gasteiger partial charge in [0.2, 0.25) is 0 Å². The molecule has 0 atom stereocenters. The highest BCUT2D eigenvalue weighted by Crippen LogP contribution is 2.43. The minimum atomic E-state index is 0.407. The highest BCUT2D eigenvalue weighted by Gasteiger charge is 2.29. The number of hydrogen-bond donors (Lipinski definition) is 0. The summed E-state index contributed by atoms with van der Waals surface area (Å²) >= 11 is 3.16. The van der Waals surface area contributed by atoms with Crippen LogP contribution in [0, 0.1) is 6.92 Å². The van der Waals surface area contributed by atoms with Crippen molar-refractivity contribution in [2.45, 2.75) is 25.7 Å². The van der Waals surface area contributed by atoms with Gasteiger partial charge >= 0.3 is 0 Å². The minimum Gasteiger partial charge on any atom is -0.411 e. The molecular weight excluding hydrogens is 270 g/mol. The monoisotopic (exact) mass is 279 g/mol. The van der Waals surface area contributed by atoms with Gasteiger partial charge in [-0.25, -0.2) is 0 Å². The summed E-state index contributed by atoms with van der Waals surface area (Å²) in [5, 5.41) is 7.79. The predicted octanol–water partition coefficient (Wildman–Crippen LogP) is 3.08. The van der Waals surface area contributed by atoms with E-state index in [9.17, 15) is 0 Å². The normalized spacial score (nSPS) is 15.4. The Morgan fingerprint density at radius 1 is 1.31 bits per heavy atom. The van der Waals surface area contributed by atoms with E-state index in [-0.39, 0.29) is 0 Å². The van der Waals surface area contributed by atoms with Crippen molar-refractivity contribution in [2.24, 2.45) is 0 Å². The van der Waals surface area contributed by atoms with Crippen LogP contribution < -0.4 is 0 Å². The molecule has 0 amide bonds. The first-order chi connectivity index (χ1) is 7.74. The van der Waals surface area contributed by atoms with Crippen molar-refractivity contribution in [3.8, 4) is 11.5 Å². The third-order valence-electron chi connectivity index (χ3n) is 2.66. The molecule has 0 N–H and O–H groups in total. The standard InChI is InChI=1S/C11H10BrN3O/c1-6-2-5-8(9(13-6)7-3-4-7)10-14-15-11(12)16-10/h2,5,7H,3-4H2,1H3. The topological polar surface area (TPSA) is 51.8 Å². The summed E-state index contributed by atoms with van der Waals surface area (Å²) in [5.74, 6) is 1.11. The van der Waals surface area contributed by atoms with E-state index in [0.717, 1.165) is 17.0 Å². The average molecular weight is 280 g/mol. The van der Waals surface area contributed by atoms with Crippen molar-refractivity contribution in [2.75, 3.05) is 0 Å². The van der Waals surface area contributed by atoms with E-state index in [2.05, 4.69) is 31.1 Å². The fraction of sp³-hybridized carbons (Fsp3) is 0.364. The molecule has 5 heteroatoms. The summed E-state index contributed by atoms with van der Waals surface area (Å²) in [7, 11) is 0. The molecular formula is C11H10BrN3O. The third-order valence-corrected chi connectivity index (χ3v) is 2.98. The maximum absolute atomic E-state index is 5.38. The molecule has 0 aliphatic heterocycles. The smallest absolute Gasteiger partial charge is 0.285 e. The Hall–Kier alpha value is -1.23. The van der Waals surface area contributed by atoms with Gasteiger partial charge in [0.05, 0.1) is 11.3 Å². The highest BCUT2D eigenvalue weighted by atomic mass is 79.9. The molecule has 0 radical (unpaired) electrons. The Kier molecular flexibility index (Phi) is 2.28. The van der Waals surface area contributed by atoms with Crippen LogP contribution in [0.15, 0.2) is 21.3 Å². The Bertz CT molecular complexity index is 534. The van der Waals surface area contributed by atoms with Crippen molar-refractivity contribution < 1.29 is 4.42 Å². The zero-order chi connectivity index (χ0) is 11.1. The number of aromatic nitrogens is 3. The van der Waals surface area contributed by atoms with Gasteiger partial charge in [0.15, 0.2) is 0 Å². The van der Waals surface area contributed by atoms with Crippen LogP contribution in [0.5, 0.6) is 0 Å². The zero-order valence-corrected chi connectivity index (χ0v) is 10.4. The molecule has 0 saturated heterocycles. The van der Waals surface area contributed by atoms with Crippen LogP contribution in [0.4, 0.5) is 0 Å². The van der Waals surface area contributed by atoms with Crippen molar-refractivity contribution in [3.05, 3.63) is 28.3 Å². The predicted molar refractivity (Wildman–Crippen MR) is 61.9 cm³/mol. The zero-order valence-electron chi connectivity index (χ0n) is 8.77. The van der Waals surface area contributed by atoms with Crippen molar-refractivity contribution in [1.29, 1.82) is 0 Å². The number of rotatable bonds is 2. The molecule has 1 saturated carbocycles. The summed E-state index contributed by atoms with van der Waals surface area (Å²) < 4.78 is 5.38. The second-order valence-corrected chi connectivity index (χ2v) is 4.70. The van der Waals surface area contributed by atoms with Crippen molar-refractivity contribution >= 4 is 15.9 Å². The molecule has 2 aromatic rings.